The van der Waals surface area contributed by atoms with Crippen molar-refractivity contribution in [1.29, 1.82) is 0 Å². The predicted octanol–water partition coefficient (Wildman–Crippen LogP) is 4.93. The molecule has 1 aromatic carbocycles. The van der Waals surface area contributed by atoms with Gasteiger partial charge in [0.15, 0.2) is 0 Å². The van der Waals surface area contributed by atoms with Crippen molar-refractivity contribution in [2.24, 2.45) is 0 Å². The van der Waals surface area contributed by atoms with Gasteiger partial charge in [0.2, 0.25) is 5.88 Å². The zero-order valence-corrected chi connectivity index (χ0v) is 15.0. The van der Waals surface area contributed by atoms with Gasteiger partial charge in [0.1, 0.15) is 5.56 Å². The maximum absolute atomic E-state index is 13.3. The predicted molar refractivity (Wildman–Crippen MR) is 97.2 cm³/mol. The smallest absolute Gasteiger partial charge is 0.421 e. The minimum atomic E-state index is -4.48. The lowest BCUT2D eigenvalue weighted by molar-refractivity contribution is -0.139. The van der Waals surface area contributed by atoms with E-state index < -0.39 is 11.7 Å². The Morgan fingerprint density at radius 3 is 2.63 bits per heavy atom. The highest BCUT2D eigenvalue weighted by Gasteiger charge is 2.38. The van der Waals surface area contributed by atoms with Crippen molar-refractivity contribution in [1.82, 2.24) is 9.88 Å². The summed E-state index contributed by atoms with van der Waals surface area (Å²) in [6.45, 7) is 0.870. The summed E-state index contributed by atoms with van der Waals surface area (Å²) in [5, 5.41) is 0. The maximum Gasteiger partial charge on any atom is 0.421 e. The van der Waals surface area contributed by atoms with E-state index >= 15 is 0 Å². The average Bonchev–Trinajstić information content (AvgIpc) is 2.89. The molecule has 4 rings (SSSR count). The van der Waals surface area contributed by atoms with Crippen molar-refractivity contribution in [2.45, 2.75) is 44.1 Å². The highest BCUT2D eigenvalue weighted by atomic mass is 19.4. The number of hydrogen-bond donors (Lipinski definition) is 0. The standard InChI is InChI=1S/C21H21F3N2O/c1-27-20-19(21(22,23)24)11-16(12-25-20)15-9-17-7-8-18(10-15)26(17)13-14-5-3-2-4-6-14/h2-6,9,11-12,17-18H,7-8,10,13H2,1H3. The van der Waals surface area contributed by atoms with Crippen LogP contribution in [-0.2, 0) is 12.7 Å². The van der Waals surface area contributed by atoms with Crippen molar-refractivity contribution >= 4 is 5.57 Å². The van der Waals surface area contributed by atoms with E-state index in [4.69, 9.17) is 4.74 Å². The summed E-state index contributed by atoms with van der Waals surface area (Å²) in [5.41, 5.74) is 1.94. The topological polar surface area (TPSA) is 25.4 Å². The first kappa shape index (κ1) is 18.0. The number of methoxy groups -OCH3 is 1. The normalized spacial score (nSPS) is 22.6. The van der Waals surface area contributed by atoms with E-state index in [0.717, 1.165) is 31.4 Å². The molecule has 0 aliphatic carbocycles. The van der Waals surface area contributed by atoms with Gasteiger partial charge in [-0.1, -0.05) is 36.4 Å². The van der Waals surface area contributed by atoms with Gasteiger partial charge in [-0.05, 0) is 42.0 Å². The van der Waals surface area contributed by atoms with E-state index in [1.807, 2.05) is 18.2 Å². The van der Waals surface area contributed by atoms with Gasteiger partial charge >= 0.3 is 6.18 Å². The second-order valence-corrected chi connectivity index (χ2v) is 7.13. The summed E-state index contributed by atoms with van der Waals surface area (Å²) in [5.74, 6) is -0.378. The molecule has 1 aromatic heterocycles. The molecule has 2 aliphatic rings. The van der Waals surface area contributed by atoms with E-state index in [1.165, 1.54) is 24.9 Å². The Hall–Kier alpha value is -2.34. The van der Waals surface area contributed by atoms with E-state index in [9.17, 15) is 13.2 Å². The summed E-state index contributed by atoms with van der Waals surface area (Å²) in [4.78, 5) is 6.36. The summed E-state index contributed by atoms with van der Waals surface area (Å²) in [7, 11) is 1.21. The number of alkyl halides is 3. The highest BCUT2D eigenvalue weighted by Crippen LogP contribution is 2.41. The van der Waals surface area contributed by atoms with Crippen LogP contribution in [0.5, 0.6) is 5.88 Å². The molecule has 3 heterocycles. The number of hydrogen-bond acceptors (Lipinski definition) is 3. The van der Waals surface area contributed by atoms with Crippen molar-refractivity contribution in [3.8, 4) is 5.88 Å². The molecular formula is C21H21F3N2O. The average molecular weight is 374 g/mol. The maximum atomic E-state index is 13.3. The zero-order chi connectivity index (χ0) is 19.0. The van der Waals surface area contributed by atoms with Crippen LogP contribution in [0.1, 0.15) is 36.0 Å². The molecule has 27 heavy (non-hydrogen) atoms. The SMILES string of the molecule is COc1ncc(C2=CC3CCC(C2)N3Cc2ccccc2)cc1C(F)(F)F. The molecule has 142 valence electrons. The van der Waals surface area contributed by atoms with Crippen LogP contribution in [0.2, 0.25) is 0 Å². The second-order valence-electron chi connectivity index (χ2n) is 7.13. The minimum absolute atomic E-state index is 0.260. The largest absolute Gasteiger partial charge is 0.481 e. The number of aromatic nitrogens is 1. The monoisotopic (exact) mass is 374 g/mol. The number of ether oxygens (including phenoxy) is 1. The fourth-order valence-electron chi connectivity index (χ4n) is 4.17. The van der Waals surface area contributed by atoms with Gasteiger partial charge in [-0.25, -0.2) is 4.98 Å². The molecule has 6 heteroatoms. The first-order valence-corrected chi connectivity index (χ1v) is 9.07. The molecule has 1 fully saturated rings. The van der Waals surface area contributed by atoms with Crippen molar-refractivity contribution in [3.05, 3.63) is 65.4 Å². The molecule has 2 aliphatic heterocycles. The quantitative estimate of drug-likeness (QED) is 0.759. The van der Waals surface area contributed by atoms with Gasteiger partial charge in [0.25, 0.3) is 0 Å². The summed E-state index contributed by atoms with van der Waals surface area (Å²) < 4.78 is 44.7. The summed E-state index contributed by atoms with van der Waals surface area (Å²) in [6, 6.07) is 12.1. The van der Waals surface area contributed by atoms with Gasteiger partial charge < -0.3 is 4.74 Å². The molecular weight excluding hydrogens is 353 g/mol. The Labute approximate surface area is 156 Å². The van der Waals surface area contributed by atoms with Crippen LogP contribution in [0, 0.1) is 0 Å². The van der Waals surface area contributed by atoms with Crippen LogP contribution < -0.4 is 4.74 Å². The van der Waals surface area contributed by atoms with Crippen molar-refractivity contribution in [2.75, 3.05) is 7.11 Å². The first-order valence-electron chi connectivity index (χ1n) is 9.07. The zero-order valence-electron chi connectivity index (χ0n) is 15.0. The van der Waals surface area contributed by atoms with E-state index in [1.54, 1.807) is 0 Å². The molecule has 1 saturated heterocycles. The number of pyridine rings is 1. The molecule has 0 radical (unpaired) electrons. The Morgan fingerprint density at radius 2 is 1.96 bits per heavy atom. The van der Waals surface area contributed by atoms with Gasteiger partial charge in [0.05, 0.1) is 7.11 Å². The van der Waals surface area contributed by atoms with Crippen LogP contribution in [0.4, 0.5) is 13.2 Å². The van der Waals surface area contributed by atoms with Gasteiger partial charge in [-0.3, -0.25) is 4.90 Å². The fourth-order valence-corrected chi connectivity index (χ4v) is 4.17. The Balaban J connectivity index is 1.61. The molecule has 3 nitrogen and oxygen atoms in total. The van der Waals surface area contributed by atoms with Crippen LogP contribution in [0.3, 0.4) is 0 Å². The third-order valence-electron chi connectivity index (χ3n) is 5.47. The minimum Gasteiger partial charge on any atom is -0.481 e. The summed E-state index contributed by atoms with van der Waals surface area (Å²) >= 11 is 0. The van der Waals surface area contributed by atoms with E-state index in [2.05, 4.69) is 28.1 Å². The van der Waals surface area contributed by atoms with Crippen LogP contribution in [-0.4, -0.2) is 29.1 Å². The van der Waals surface area contributed by atoms with Crippen LogP contribution in [0.15, 0.2) is 48.7 Å². The van der Waals surface area contributed by atoms with E-state index in [-0.39, 0.29) is 11.9 Å². The molecule has 0 N–H and O–H groups in total. The van der Waals surface area contributed by atoms with Crippen molar-refractivity contribution in [3.63, 3.8) is 0 Å². The second kappa shape index (κ2) is 7.00. The lowest BCUT2D eigenvalue weighted by atomic mass is 9.94. The Morgan fingerprint density at radius 1 is 1.19 bits per heavy atom. The lowest BCUT2D eigenvalue weighted by Crippen LogP contribution is -2.37. The van der Waals surface area contributed by atoms with Crippen LogP contribution >= 0.6 is 0 Å². The van der Waals surface area contributed by atoms with E-state index in [0.29, 0.717) is 11.6 Å². The molecule has 2 bridgehead atoms. The molecule has 0 amide bonds. The highest BCUT2D eigenvalue weighted by molar-refractivity contribution is 5.68. The Kier molecular flexibility index (Phi) is 4.68. The summed E-state index contributed by atoms with van der Waals surface area (Å²) in [6.07, 6.45) is 1.97. The number of halogens is 3. The number of benzene rings is 1. The van der Waals surface area contributed by atoms with Gasteiger partial charge in [0, 0.05) is 24.8 Å². The van der Waals surface area contributed by atoms with Gasteiger partial charge in [-0.2, -0.15) is 13.2 Å². The fraction of sp³-hybridized carbons (Fsp3) is 0.381. The number of rotatable bonds is 4. The molecule has 0 spiro atoms. The molecule has 2 unspecified atom stereocenters. The molecule has 0 saturated carbocycles. The first-order chi connectivity index (χ1) is 13.0. The van der Waals surface area contributed by atoms with Crippen molar-refractivity contribution < 1.29 is 17.9 Å². The van der Waals surface area contributed by atoms with Gasteiger partial charge in [-0.15, -0.1) is 0 Å². The lowest BCUT2D eigenvalue weighted by Gasteiger charge is -2.34. The third kappa shape index (κ3) is 3.58. The number of fused-ring (bicyclic) bond motifs is 2. The van der Waals surface area contributed by atoms with Crippen LogP contribution in [0.25, 0.3) is 5.57 Å². The number of nitrogens with zero attached hydrogens (tertiary/aromatic N) is 2. The Bertz CT molecular complexity index is 848. The molecule has 2 aromatic rings. The molecule has 2 atom stereocenters. The third-order valence-corrected chi connectivity index (χ3v) is 5.47.